The van der Waals surface area contributed by atoms with Gasteiger partial charge in [-0.05, 0) is 45.0 Å². The van der Waals surface area contributed by atoms with Gasteiger partial charge >= 0.3 is 0 Å². The molecule has 1 nitrogen and oxygen atoms in total. The fourth-order valence-electron chi connectivity index (χ4n) is 4.15. The zero-order valence-electron chi connectivity index (χ0n) is 14.7. The summed E-state index contributed by atoms with van der Waals surface area (Å²) in [6.45, 7) is 2.17. The van der Waals surface area contributed by atoms with E-state index >= 15 is 0 Å². The summed E-state index contributed by atoms with van der Waals surface area (Å²) in [6.07, 6.45) is 0. The number of anilines is 1. The summed E-state index contributed by atoms with van der Waals surface area (Å²) in [5.41, 5.74) is 11.3. The highest BCUT2D eigenvalue weighted by Crippen LogP contribution is 2.44. The summed E-state index contributed by atoms with van der Waals surface area (Å²) < 4.78 is 0. The number of benzene rings is 5. The molecule has 0 saturated heterocycles. The molecule has 5 aromatic rings. The van der Waals surface area contributed by atoms with Crippen molar-refractivity contribution in [3.8, 4) is 11.1 Å². The highest BCUT2D eigenvalue weighted by molar-refractivity contribution is 6.22. The maximum absolute atomic E-state index is 6.78. The average Bonchev–Trinajstić information content (AvgIpc) is 2.70. The predicted octanol–water partition coefficient (Wildman–Crippen LogP) is 6.70. The minimum atomic E-state index is 0.860. The standard InChI is InChI=1S/C25H19N/c1-16-14-15-17-8-2-3-9-18(17)23(16)24-21-12-6-4-10-19(21)20-11-5-7-13-22(20)25(24)26/h2-15H,26H2,1H3. The van der Waals surface area contributed by atoms with Crippen LogP contribution in [0.2, 0.25) is 0 Å². The predicted molar refractivity (Wildman–Crippen MR) is 114 cm³/mol. The third kappa shape index (κ3) is 2.04. The summed E-state index contributed by atoms with van der Waals surface area (Å²) in [6, 6.07) is 29.9. The Morgan fingerprint density at radius 3 is 1.77 bits per heavy atom. The molecule has 0 aliphatic heterocycles. The lowest BCUT2D eigenvalue weighted by molar-refractivity contribution is 1.50. The number of nitrogen functional groups attached to an aromatic ring is 1. The Morgan fingerprint density at radius 1 is 0.500 bits per heavy atom. The molecule has 0 radical (unpaired) electrons. The minimum Gasteiger partial charge on any atom is -0.398 e. The Balaban J connectivity index is 2.06. The fraction of sp³-hybridized carbons (Fsp3) is 0.0400. The van der Waals surface area contributed by atoms with Crippen molar-refractivity contribution >= 4 is 38.0 Å². The highest BCUT2D eigenvalue weighted by atomic mass is 14.6. The van der Waals surface area contributed by atoms with Crippen LogP contribution in [0.15, 0.2) is 84.9 Å². The molecular formula is C25H19N. The van der Waals surface area contributed by atoms with Gasteiger partial charge in [-0.3, -0.25) is 0 Å². The van der Waals surface area contributed by atoms with Crippen molar-refractivity contribution < 1.29 is 0 Å². The van der Waals surface area contributed by atoms with Gasteiger partial charge in [0.2, 0.25) is 0 Å². The molecule has 1 heteroatoms. The third-order valence-corrected chi connectivity index (χ3v) is 5.36. The molecule has 5 rings (SSSR count). The van der Waals surface area contributed by atoms with Crippen molar-refractivity contribution in [2.45, 2.75) is 6.92 Å². The van der Waals surface area contributed by atoms with E-state index in [1.807, 2.05) is 0 Å². The van der Waals surface area contributed by atoms with Gasteiger partial charge in [-0.1, -0.05) is 84.9 Å². The Kier molecular flexibility index (Phi) is 3.23. The Bertz CT molecular complexity index is 1300. The number of nitrogens with two attached hydrogens (primary N) is 1. The van der Waals surface area contributed by atoms with Crippen LogP contribution in [-0.4, -0.2) is 0 Å². The molecule has 0 atom stereocenters. The van der Waals surface area contributed by atoms with E-state index in [0.29, 0.717) is 0 Å². The van der Waals surface area contributed by atoms with Gasteiger partial charge in [-0.2, -0.15) is 0 Å². The van der Waals surface area contributed by atoms with Crippen LogP contribution in [0.25, 0.3) is 43.4 Å². The summed E-state index contributed by atoms with van der Waals surface area (Å²) in [5.74, 6) is 0. The van der Waals surface area contributed by atoms with E-state index in [-0.39, 0.29) is 0 Å². The smallest absolute Gasteiger partial charge is 0.0480 e. The Hall–Kier alpha value is -3.32. The normalized spacial score (nSPS) is 11.4. The van der Waals surface area contributed by atoms with E-state index in [1.165, 1.54) is 38.1 Å². The molecular weight excluding hydrogens is 314 g/mol. The largest absolute Gasteiger partial charge is 0.398 e. The number of hydrogen-bond donors (Lipinski definition) is 1. The van der Waals surface area contributed by atoms with Gasteiger partial charge in [-0.15, -0.1) is 0 Å². The average molecular weight is 333 g/mol. The third-order valence-electron chi connectivity index (χ3n) is 5.36. The quantitative estimate of drug-likeness (QED) is 0.268. The molecule has 0 amide bonds. The monoisotopic (exact) mass is 333 g/mol. The van der Waals surface area contributed by atoms with Crippen LogP contribution in [0.5, 0.6) is 0 Å². The number of hydrogen-bond acceptors (Lipinski definition) is 1. The zero-order chi connectivity index (χ0) is 17.7. The van der Waals surface area contributed by atoms with Crippen molar-refractivity contribution in [1.82, 2.24) is 0 Å². The zero-order valence-corrected chi connectivity index (χ0v) is 14.7. The van der Waals surface area contributed by atoms with Crippen molar-refractivity contribution in [3.63, 3.8) is 0 Å². The molecule has 26 heavy (non-hydrogen) atoms. The van der Waals surface area contributed by atoms with Crippen LogP contribution in [0.4, 0.5) is 5.69 Å². The molecule has 0 heterocycles. The molecule has 0 spiro atoms. The van der Waals surface area contributed by atoms with E-state index in [2.05, 4.69) is 91.9 Å². The van der Waals surface area contributed by atoms with E-state index in [9.17, 15) is 0 Å². The number of fused-ring (bicyclic) bond motifs is 4. The maximum atomic E-state index is 6.78. The molecule has 0 fully saturated rings. The molecule has 0 aliphatic carbocycles. The number of aryl methyl sites for hydroxylation is 1. The van der Waals surface area contributed by atoms with Crippen LogP contribution in [0, 0.1) is 6.92 Å². The topological polar surface area (TPSA) is 26.0 Å². The lowest BCUT2D eigenvalue weighted by atomic mass is 9.87. The van der Waals surface area contributed by atoms with Crippen molar-refractivity contribution in [2.75, 3.05) is 5.73 Å². The van der Waals surface area contributed by atoms with Gasteiger partial charge in [0.25, 0.3) is 0 Å². The van der Waals surface area contributed by atoms with E-state index in [4.69, 9.17) is 5.73 Å². The first-order valence-corrected chi connectivity index (χ1v) is 8.93. The lowest BCUT2D eigenvalue weighted by Crippen LogP contribution is -1.97. The van der Waals surface area contributed by atoms with Crippen LogP contribution >= 0.6 is 0 Å². The van der Waals surface area contributed by atoms with Crippen molar-refractivity contribution in [3.05, 3.63) is 90.5 Å². The lowest BCUT2D eigenvalue weighted by Gasteiger charge is -2.18. The first kappa shape index (κ1) is 15.0. The molecule has 0 aromatic heterocycles. The molecule has 0 unspecified atom stereocenters. The summed E-state index contributed by atoms with van der Waals surface area (Å²) >= 11 is 0. The fourth-order valence-corrected chi connectivity index (χ4v) is 4.15. The highest BCUT2D eigenvalue weighted by Gasteiger charge is 2.17. The van der Waals surface area contributed by atoms with Crippen LogP contribution in [-0.2, 0) is 0 Å². The number of rotatable bonds is 1. The van der Waals surface area contributed by atoms with Gasteiger partial charge in [0.15, 0.2) is 0 Å². The van der Waals surface area contributed by atoms with E-state index in [0.717, 1.165) is 16.6 Å². The van der Waals surface area contributed by atoms with Crippen LogP contribution in [0.3, 0.4) is 0 Å². The Morgan fingerprint density at radius 2 is 1.04 bits per heavy atom. The van der Waals surface area contributed by atoms with Gasteiger partial charge in [-0.25, -0.2) is 0 Å². The second kappa shape index (κ2) is 5.60. The molecule has 0 saturated carbocycles. The SMILES string of the molecule is Cc1ccc2ccccc2c1-c1c(N)c2ccccc2c2ccccc12. The molecule has 0 bridgehead atoms. The van der Waals surface area contributed by atoms with Crippen molar-refractivity contribution in [1.29, 1.82) is 0 Å². The molecule has 2 N–H and O–H groups in total. The van der Waals surface area contributed by atoms with E-state index in [1.54, 1.807) is 0 Å². The van der Waals surface area contributed by atoms with Gasteiger partial charge < -0.3 is 5.73 Å². The molecule has 5 aromatic carbocycles. The second-order valence-electron chi connectivity index (χ2n) is 6.86. The van der Waals surface area contributed by atoms with Gasteiger partial charge in [0.1, 0.15) is 0 Å². The molecule has 0 aliphatic rings. The summed E-state index contributed by atoms with van der Waals surface area (Å²) in [7, 11) is 0. The van der Waals surface area contributed by atoms with E-state index < -0.39 is 0 Å². The second-order valence-corrected chi connectivity index (χ2v) is 6.86. The maximum Gasteiger partial charge on any atom is 0.0480 e. The molecule has 124 valence electrons. The van der Waals surface area contributed by atoms with Crippen LogP contribution < -0.4 is 5.73 Å². The van der Waals surface area contributed by atoms with Gasteiger partial charge in [0.05, 0.1) is 0 Å². The first-order valence-electron chi connectivity index (χ1n) is 8.93. The first-order chi connectivity index (χ1) is 12.8. The van der Waals surface area contributed by atoms with Crippen molar-refractivity contribution in [2.24, 2.45) is 0 Å². The van der Waals surface area contributed by atoms with Gasteiger partial charge in [0, 0.05) is 16.6 Å². The summed E-state index contributed by atoms with van der Waals surface area (Å²) in [4.78, 5) is 0. The summed E-state index contributed by atoms with van der Waals surface area (Å²) in [5, 5.41) is 7.28. The Labute approximate surface area is 152 Å². The minimum absolute atomic E-state index is 0.860. The van der Waals surface area contributed by atoms with Crippen LogP contribution in [0.1, 0.15) is 5.56 Å².